The second-order valence-corrected chi connectivity index (χ2v) is 3.46. The number of halogens is 2. The Bertz CT molecular complexity index is 152. The van der Waals surface area contributed by atoms with E-state index in [1.807, 2.05) is 0 Å². The van der Waals surface area contributed by atoms with E-state index in [9.17, 15) is 5.11 Å². The summed E-state index contributed by atoms with van der Waals surface area (Å²) in [7, 11) is 0. The quantitative estimate of drug-likeness (QED) is 0.506. The van der Waals surface area contributed by atoms with Gasteiger partial charge in [-0.2, -0.15) is 0 Å². The summed E-state index contributed by atoms with van der Waals surface area (Å²) in [5, 5.41) is 26.5. The van der Waals surface area contributed by atoms with Gasteiger partial charge >= 0.3 is 0 Å². The van der Waals surface area contributed by atoms with Gasteiger partial charge in [0.1, 0.15) is 12.2 Å². The first kappa shape index (κ1) is 10.5. The highest BCUT2D eigenvalue weighted by atomic mass is 35.5. The van der Waals surface area contributed by atoms with Gasteiger partial charge in [-0.15, -0.1) is 23.2 Å². The van der Waals surface area contributed by atoms with Crippen LogP contribution in [0.2, 0.25) is 0 Å². The lowest BCUT2D eigenvalue weighted by atomic mass is 10.0. The molecule has 0 aromatic heterocycles. The molecule has 1 heterocycles. The van der Waals surface area contributed by atoms with Crippen molar-refractivity contribution in [3.63, 3.8) is 0 Å². The van der Waals surface area contributed by atoms with Crippen molar-refractivity contribution < 1.29 is 20.1 Å². The minimum Gasteiger partial charge on any atom is -0.389 e. The van der Waals surface area contributed by atoms with Gasteiger partial charge in [0.05, 0.1) is 17.4 Å². The summed E-state index contributed by atoms with van der Waals surface area (Å²) in [6.07, 6.45) is -4.63. The Balaban J connectivity index is 2.63. The maximum atomic E-state index is 9.24. The molecule has 0 radical (unpaired) electrons. The van der Waals surface area contributed by atoms with E-state index < -0.39 is 30.0 Å². The highest BCUT2D eigenvalue weighted by molar-refractivity contribution is 6.23. The van der Waals surface area contributed by atoms with Crippen LogP contribution in [0.25, 0.3) is 0 Å². The summed E-state index contributed by atoms with van der Waals surface area (Å²) in [5.41, 5.74) is 0. The normalized spacial score (nSPS) is 49.2. The molecule has 0 aromatic rings. The lowest BCUT2D eigenvalue weighted by molar-refractivity contribution is -0.239. The molecule has 0 saturated carbocycles. The van der Waals surface area contributed by atoms with Crippen LogP contribution in [0, 0.1) is 0 Å². The molecule has 1 aliphatic rings. The van der Waals surface area contributed by atoms with E-state index in [2.05, 4.69) is 0 Å². The predicted octanol–water partition coefficient (Wildman–Crippen LogP) is -0.728. The van der Waals surface area contributed by atoms with Crippen LogP contribution in [-0.4, -0.2) is 51.2 Å². The highest BCUT2D eigenvalue weighted by Gasteiger charge is 2.42. The third-order valence-corrected chi connectivity index (χ3v) is 2.63. The van der Waals surface area contributed by atoms with Crippen LogP contribution in [0.1, 0.15) is 0 Å². The molecule has 1 aliphatic heterocycles. The van der Waals surface area contributed by atoms with Crippen molar-refractivity contribution in [2.75, 3.05) is 5.88 Å². The van der Waals surface area contributed by atoms with Crippen LogP contribution >= 0.6 is 23.2 Å². The summed E-state index contributed by atoms with van der Waals surface area (Å²) in [4.78, 5) is 0. The van der Waals surface area contributed by atoms with Gasteiger partial charge in [0.25, 0.3) is 0 Å². The maximum Gasteiger partial charge on any atom is 0.183 e. The fourth-order valence-corrected chi connectivity index (χ4v) is 1.69. The van der Waals surface area contributed by atoms with Gasteiger partial charge in [0, 0.05) is 0 Å². The van der Waals surface area contributed by atoms with Crippen molar-refractivity contribution in [1.29, 1.82) is 0 Å². The molecule has 5 atom stereocenters. The third kappa shape index (κ3) is 1.84. The first-order valence-electron chi connectivity index (χ1n) is 3.47. The smallest absolute Gasteiger partial charge is 0.183 e. The standard InChI is InChI=1S/C6H10Cl2O4/c7-1-2-3(8)4(9)5(10)6(11)12-2/h2-6,9-11H,1H2/t2?,3-,4+,5?,6?/m0/s1. The second-order valence-electron chi connectivity index (χ2n) is 2.65. The van der Waals surface area contributed by atoms with E-state index in [-0.39, 0.29) is 5.88 Å². The number of alkyl halides is 2. The predicted molar refractivity (Wildman–Crippen MR) is 43.3 cm³/mol. The van der Waals surface area contributed by atoms with Crippen molar-refractivity contribution in [2.45, 2.75) is 30.0 Å². The fourth-order valence-electron chi connectivity index (χ4n) is 1.03. The maximum absolute atomic E-state index is 9.24. The molecule has 72 valence electrons. The molecular formula is C6H10Cl2O4. The lowest BCUT2D eigenvalue weighted by Crippen LogP contribution is -2.55. The zero-order valence-corrected chi connectivity index (χ0v) is 7.61. The molecule has 3 unspecified atom stereocenters. The molecule has 12 heavy (non-hydrogen) atoms. The van der Waals surface area contributed by atoms with Crippen molar-refractivity contribution in [1.82, 2.24) is 0 Å². The van der Waals surface area contributed by atoms with Crippen LogP contribution in [0.15, 0.2) is 0 Å². The van der Waals surface area contributed by atoms with E-state index in [0.717, 1.165) is 0 Å². The molecule has 1 fully saturated rings. The molecule has 0 aromatic carbocycles. The monoisotopic (exact) mass is 216 g/mol. The topological polar surface area (TPSA) is 69.9 Å². The molecule has 1 rings (SSSR count). The van der Waals surface area contributed by atoms with Crippen LogP contribution in [0.3, 0.4) is 0 Å². The Labute approximate surface area is 79.7 Å². The third-order valence-electron chi connectivity index (χ3n) is 1.79. The Morgan fingerprint density at radius 1 is 1.17 bits per heavy atom. The number of aliphatic hydroxyl groups is 3. The summed E-state index contributed by atoms with van der Waals surface area (Å²) >= 11 is 11.1. The van der Waals surface area contributed by atoms with Gasteiger partial charge in [-0.05, 0) is 0 Å². The van der Waals surface area contributed by atoms with Crippen LogP contribution < -0.4 is 0 Å². The van der Waals surface area contributed by atoms with Gasteiger partial charge in [-0.1, -0.05) is 0 Å². The lowest BCUT2D eigenvalue weighted by Gasteiger charge is -2.37. The Morgan fingerprint density at radius 3 is 2.25 bits per heavy atom. The van der Waals surface area contributed by atoms with E-state index in [4.69, 9.17) is 38.2 Å². The molecule has 0 amide bonds. The Hall–Kier alpha value is 0.420. The number of ether oxygens (including phenoxy) is 1. The molecule has 1 saturated heterocycles. The zero-order valence-electron chi connectivity index (χ0n) is 6.10. The van der Waals surface area contributed by atoms with E-state index >= 15 is 0 Å². The van der Waals surface area contributed by atoms with Crippen molar-refractivity contribution in [3.8, 4) is 0 Å². The van der Waals surface area contributed by atoms with Gasteiger partial charge in [-0.25, -0.2) is 0 Å². The van der Waals surface area contributed by atoms with Gasteiger partial charge in [-0.3, -0.25) is 0 Å². The zero-order chi connectivity index (χ0) is 9.30. The highest BCUT2D eigenvalue weighted by Crippen LogP contribution is 2.24. The van der Waals surface area contributed by atoms with Crippen molar-refractivity contribution >= 4 is 23.2 Å². The molecule has 6 heteroatoms. The van der Waals surface area contributed by atoms with Crippen molar-refractivity contribution in [2.24, 2.45) is 0 Å². The molecule has 0 bridgehead atoms. The first-order valence-corrected chi connectivity index (χ1v) is 4.44. The number of aliphatic hydroxyl groups excluding tert-OH is 3. The Kier molecular flexibility index (Phi) is 3.58. The van der Waals surface area contributed by atoms with E-state index in [1.165, 1.54) is 0 Å². The molecule has 0 aliphatic carbocycles. The molecule has 4 nitrogen and oxygen atoms in total. The van der Waals surface area contributed by atoms with E-state index in [1.54, 1.807) is 0 Å². The summed E-state index contributed by atoms with van der Waals surface area (Å²) in [6.45, 7) is 0. The van der Waals surface area contributed by atoms with Crippen molar-refractivity contribution in [3.05, 3.63) is 0 Å². The number of rotatable bonds is 1. The summed E-state index contributed by atoms with van der Waals surface area (Å²) in [5.74, 6) is 0.0645. The van der Waals surface area contributed by atoms with Gasteiger partial charge < -0.3 is 20.1 Å². The summed E-state index contributed by atoms with van der Waals surface area (Å²) < 4.78 is 4.81. The molecule has 3 N–H and O–H groups in total. The second kappa shape index (κ2) is 4.09. The SMILES string of the molecule is OC1OC(CCl)[C@H](Cl)[C@@H](O)C1O. The van der Waals surface area contributed by atoms with Crippen LogP contribution in [-0.2, 0) is 4.74 Å². The first-order chi connectivity index (χ1) is 5.57. The average Bonchev–Trinajstić information content (AvgIpc) is 2.08. The largest absolute Gasteiger partial charge is 0.389 e. The molecular weight excluding hydrogens is 207 g/mol. The number of hydrogen-bond acceptors (Lipinski definition) is 4. The Morgan fingerprint density at radius 2 is 1.75 bits per heavy atom. The summed E-state index contributed by atoms with van der Waals surface area (Å²) in [6, 6.07) is 0. The van der Waals surface area contributed by atoms with Gasteiger partial charge in [0.15, 0.2) is 6.29 Å². The fraction of sp³-hybridized carbons (Fsp3) is 1.00. The molecule has 0 spiro atoms. The average molecular weight is 217 g/mol. The van der Waals surface area contributed by atoms with Gasteiger partial charge in [0.2, 0.25) is 0 Å². The van der Waals surface area contributed by atoms with Crippen LogP contribution in [0.4, 0.5) is 0 Å². The minimum absolute atomic E-state index is 0.0645. The van der Waals surface area contributed by atoms with Crippen LogP contribution in [0.5, 0.6) is 0 Å². The number of hydrogen-bond donors (Lipinski definition) is 3. The van der Waals surface area contributed by atoms with E-state index in [0.29, 0.717) is 0 Å². The minimum atomic E-state index is -1.42.